The third-order valence-corrected chi connectivity index (χ3v) is 7.36. The number of hydrogen-bond acceptors (Lipinski definition) is 7. The summed E-state index contributed by atoms with van der Waals surface area (Å²) in [7, 11) is -3.18. The van der Waals surface area contributed by atoms with Gasteiger partial charge in [0.2, 0.25) is 10.0 Å². The van der Waals surface area contributed by atoms with Crippen LogP contribution in [0.1, 0.15) is 5.69 Å². The topological polar surface area (TPSA) is 78.4 Å². The third-order valence-electron chi connectivity index (χ3n) is 5.37. The Balaban J connectivity index is 1.52. The first-order chi connectivity index (χ1) is 15.1. The minimum Gasteiger partial charge on any atom is -0.368 e. The van der Waals surface area contributed by atoms with Gasteiger partial charge in [-0.05, 0) is 34.5 Å². The molecule has 4 heterocycles. The standard InChI is InChI=1S/C20H22F3N5O2S2/c1-32(29,30)28-9-7-27(8-10-28)6-5-24-19-15-2-3-17(20(21,22)23)26-18(15)16(12-25-19)14-4-11-31-13-14/h2-4,11-13H,5-10H2,1H3,(H,24,25). The lowest BCUT2D eigenvalue weighted by Crippen LogP contribution is -2.49. The molecule has 1 aliphatic heterocycles. The van der Waals surface area contributed by atoms with Gasteiger partial charge in [-0.3, -0.25) is 4.90 Å². The van der Waals surface area contributed by atoms with E-state index < -0.39 is 21.9 Å². The molecule has 0 bridgehead atoms. The molecule has 1 saturated heterocycles. The molecule has 0 amide bonds. The molecule has 1 aliphatic rings. The number of alkyl halides is 3. The molecule has 7 nitrogen and oxygen atoms in total. The molecule has 0 saturated carbocycles. The maximum atomic E-state index is 13.3. The first-order valence-corrected chi connectivity index (χ1v) is 12.7. The molecule has 4 rings (SSSR count). The summed E-state index contributed by atoms with van der Waals surface area (Å²) < 4.78 is 64.5. The van der Waals surface area contributed by atoms with Crippen LogP contribution in [0.3, 0.4) is 0 Å². The predicted octanol–water partition coefficient (Wildman–Crippen LogP) is 3.37. The largest absolute Gasteiger partial charge is 0.433 e. The van der Waals surface area contributed by atoms with Crippen molar-refractivity contribution >= 4 is 38.1 Å². The maximum Gasteiger partial charge on any atom is 0.433 e. The van der Waals surface area contributed by atoms with Crippen molar-refractivity contribution in [3.63, 3.8) is 0 Å². The summed E-state index contributed by atoms with van der Waals surface area (Å²) in [5, 5.41) is 7.42. The SMILES string of the molecule is CS(=O)(=O)N1CCN(CCNc2ncc(-c3ccsc3)c3nc(C(F)(F)F)ccc23)CC1. The number of nitrogens with one attached hydrogen (secondary N) is 1. The summed E-state index contributed by atoms with van der Waals surface area (Å²) >= 11 is 1.45. The third kappa shape index (κ3) is 5.03. The van der Waals surface area contributed by atoms with Crippen LogP contribution in [0.2, 0.25) is 0 Å². The first-order valence-electron chi connectivity index (χ1n) is 9.94. The minimum absolute atomic E-state index is 0.248. The van der Waals surface area contributed by atoms with Crippen LogP contribution in [-0.2, 0) is 16.2 Å². The Kier molecular flexibility index (Phi) is 6.39. The van der Waals surface area contributed by atoms with E-state index in [9.17, 15) is 21.6 Å². The van der Waals surface area contributed by atoms with E-state index in [1.54, 1.807) is 6.20 Å². The van der Waals surface area contributed by atoms with Gasteiger partial charge in [-0.15, -0.1) is 0 Å². The average molecular weight is 486 g/mol. The highest BCUT2D eigenvalue weighted by molar-refractivity contribution is 7.88. The normalized spacial score (nSPS) is 16.5. The van der Waals surface area contributed by atoms with Gasteiger partial charge in [-0.1, -0.05) is 0 Å². The number of hydrogen-bond donors (Lipinski definition) is 1. The number of fused-ring (bicyclic) bond motifs is 1. The summed E-state index contributed by atoms with van der Waals surface area (Å²) in [6.07, 6.45) is -1.78. The number of anilines is 1. The van der Waals surface area contributed by atoms with Crippen molar-refractivity contribution in [1.82, 2.24) is 19.2 Å². The van der Waals surface area contributed by atoms with Gasteiger partial charge in [-0.2, -0.15) is 28.8 Å². The van der Waals surface area contributed by atoms with Gasteiger partial charge in [0, 0.05) is 56.4 Å². The van der Waals surface area contributed by atoms with E-state index in [1.165, 1.54) is 28.0 Å². The fraction of sp³-hybridized carbons (Fsp3) is 0.400. The van der Waals surface area contributed by atoms with E-state index in [0.717, 1.165) is 11.6 Å². The number of pyridine rings is 2. The molecule has 0 atom stereocenters. The zero-order valence-electron chi connectivity index (χ0n) is 17.3. The fourth-order valence-electron chi connectivity index (χ4n) is 3.66. The molecule has 0 unspecified atom stereocenters. The number of halogens is 3. The molecule has 3 aromatic heterocycles. The molecule has 32 heavy (non-hydrogen) atoms. The molecule has 0 aliphatic carbocycles. The van der Waals surface area contributed by atoms with Crippen molar-refractivity contribution in [3.05, 3.63) is 40.8 Å². The zero-order valence-corrected chi connectivity index (χ0v) is 18.9. The number of piperazine rings is 1. The number of rotatable bonds is 6. The second-order valence-corrected chi connectivity index (χ2v) is 10.3. The smallest absolute Gasteiger partial charge is 0.368 e. The first kappa shape index (κ1) is 22.9. The number of nitrogens with zero attached hydrogens (tertiary/aromatic N) is 4. The highest BCUT2D eigenvalue weighted by Crippen LogP contribution is 2.35. The summed E-state index contributed by atoms with van der Waals surface area (Å²) in [6.45, 7) is 3.30. The van der Waals surface area contributed by atoms with Crippen LogP contribution in [0.4, 0.5) is 19.0 Å². The molecule has 3 aromatic rings. The summed E-state index contributed by atoms with van der Waals surface area (Å²) in [6, 6.07) is 4.20. The van der Waals surface area contributed by atoms with Crippen molar-refractivity contribution < 1.29 is 21.6 Å². The molecule has 0 radical (unpaired) electrons. The second-order valence-electron chi connectivity index (χ2n) is 7.55. The van der Waals surface area contributed by atoms with E-state index in [2.05, 4.69) is 20.2 Å². The van der Waals surface area contributed by atoms with Crippen LogP contribution in [-0.4, -0.2) is 73.1 Å². The van der Waals surface area contributed by atoms with Gasteiger partial charge in [0.25, 0.3) is 0 Å². The van der Waals surface area contributed by atoms with Crippen LogP contribution in [0.25, 0.3) is 22.0 Å². The highest BCUT2D eigenvalue weighted by atomic mass is 32.2. The number of sulfonamides is 1. The van der Waals surface area contributed by atoms with Gasteiger partial charge in [0.05, 0.1) is 11.8 Å². The molecule has 1 N–H and O–H groups in total. The van der Waals surface area contributed by atoms with Crippen LogP contribution in [0.15, 0.2) is 35.2 Å². The average Bonchev–Trinajstić information content (AvgIpc) is 3.27. The van der Waals surface area contributed by atoms with E-state index in [4.69, 9.17) is 0 Å². The van der Waals surface area contributed by atoms with E-state index in [-0.39, 0.29) is 5.52 Å². The van der Waals surface area contributed by atoms with Crippen molar-refractivity contribution in [2.24, 2.45) is 0 Å². The van der Waals surface area contributed by atoms with Crippen molar-refractivity contribution in [2.75, 3.05) is 50.8 Å². The zero-order chi connectivity index (χ0) is 22.9. The lowest BCUT2D eigenvalue weighted by Gasteiger charge is -2.33. The Hall–Kier alpha value is -2.28. The molecule has 12 heteroatoms. The number of thiophene rings is 1. The predicted molar refractivity (Wildman–Crippen MR) is 119 cm³/mol. The molecule has 0 spiro atoms. The maximum absolute atomic E-state index is 13.3. The fourth-order valence-corrected chi connectivity index (χ4v) is 5.14. The van der Waals surface area contributed by atoms with Crippen molar-refractivity contribution in [2.45, 2.75) is 6.18 Å². The van der Waals surface area contributed by atoms with Crippen LogP contribution >= 0.6 is 11.3 Å². The van der Waals surface area contributed by atoms with Crippen LogP contribution in [0, 0.1) is 0 Å². The Morgan fingerprint density at radius 3 is 2.53 bits per heavy atom. The Bertz CT molecular complexity index is 1190. The van der Waals surface area contributed by atoms with Gasteiger partial charge in [-0.25, -0.2) is 18.4 Å². The number of aromatic nitrogens is 2. The van der Waals surface area contributed by atoms with Crippen LogP contribution < -0.4 is 5.32 Å². The molecule has 1 fully saturated rings. The van der Waals surface area contributed by atoms with Crippen molar-refractivity contribution in [1.29, 1.82) is 0 Å². The lowest BCUT2D eigenvalue weighted by atomic mass is 10.1. The Morgan fingerprint density at radius 1 is 1.16 bits per heavy atom. The summed E-state index contributed by atoms with van der Waals surface area (Å²) in [5.74, 6) is 0.468. The van der Waals surface area contributed by atoms with E-state index in [0.29, 0.717) is 56.0 Å². The van der Waals surface area contributed by atoms with E-state index >= 15 is 0 Å². The monoisotopic (exact) mass is 485 g/mol. The lowest BCUT2D eigenvalue weighted by molar-refractivity contribution is -0.140. The van der Waals surface area contributed by atoms with Gasteiger partial charge < -0.3 is 5.32 Å². The molecular weight excluding hydrogens is 463 g/mol. The summed E-state index contributed by atoms with van der Waals surface area (Å²) in [5.41, 5.74) is 0.629. The Morgan fingerprint density at radius 2 is 1.91 bits per heavy atom. The summed E-state index contributed by atoms with van der Waals surface area (Å²) in [4.78, 5) is 10.5. The minimum atomic E-state index is -4.54. The van der Waals surface area contributed by atoms with Gasteiger partial charge in [0.15, 0.2) is 0 Å². The van der Waals surface area contributed by atoms with Gasteiger partial charge >= 0.3 is 6.18 Å². The second kappa shape index (κ2) is 8.93. The molecule has 172 valence electrons. The quantitative estimate of drug-likeness (QED) is 0.577. The Labute approximate surface area is 187 Å². The highest BCUT2D eigenvalue weighted by Gasteiger charge is 2.33. The van der Waals surface area contributed by atoms with Crippen LogP contribution in [0.5, 0.6) is 0 Å². The van der Waals surface area contributed by atoms with E-state index in [1.807, 2.05) is 16.8 Å². The molecular formula is C20H22F3N5O2S2. The molecule has 0 aromatic carbocycles. The van der Waals surface area contributed by atoms with Crippen molar-refractivity contribution in [3.8, 4) is 11.1 Å². The van der Waals surface area contributed by atoms with Gasteiger partial charge in [0.1, 0.15) is 11.5 Å².